The van der Waals surface area contributed by atoms with Crippen LogP contribution in [0.15, 0.2) is 46.9 Å². The summed E-state index contributed by atoms with van der Waals surface area (Å²) in [5.74, 6) is -0.596. The van der Waals surface area contributed by atoms with Gasteiger partial charge in [-0.25, -0.2) is 0 Å². The maximum atomic E-state index is 12.0. The normalized spacial score (nSPS) is 9.87. The van der Waals surface area contributed by atoms with Crippen LogP contribution in [0.5, 0.6) is 11.5 Å². The third-order valence-corrected chi connectivity index (χ3v) is 3.44. The highest BCUT2D eigenvalue weighted by atomic mass is 79.9. The molecule has 0 atom stereocenters. The van der Waals surface area contributed by atoms with Gasteiger partial charge in [0.15, 0.2) is 0 Å². The van der Waals surface area contributed by atoms with Crippen molar-refractivity contribution in [2.75, 3.05) is 24.9 Å². The Morgan fingerprint density at radius 1 is 0.957 bits per heavy atom. The maximum Gasteiger partial charge on any atom is 0.314 e. The van der Waals surface area contributed by atoms with Gasteiger partial charge in [-0.1, -0.05) is 22.0 Å². The highest BCUT2D eigenvalue weighted by molar-refractivity contribution is 9.10. The first-order valence-corrected chi connectivity index (χ1v) is 7.42. The molecule has 0 radical (unpaired) electrons. The molecule has 0 saturated carbocycles. The summed E-state index contributed by atoms with van der Waals surface area (Å²) in [7, 11) is 2.99. The highest BCUT2D eigenvalue weighted by Crippen LogP contribution is 2.29. The average molecular weight is 379 g/mol. The summed E-state index contributed by atoms with van der Waals surface area (Å²) in [4.78, 5) is 23.9. The van der Waals surface area contributed by atoms with Gasteiger partial charge in [0.2, 0.25) is 0 Å². The van der Waals surface area contributed by atoms with E-state index < -0.39 is 11.8 Å². The van der Waals surface area contributed by atoms with Gasteiger partial charge in [0.05, 0.1) is 19.9 Å². The second kappa shape index (κ2) is 7.64. The predicted octanol–water partition coefficient (Wildman–Crippen LogP) is 3.04. The molecule has 6 nitrogen and oxygen atoms in total. The molecular formula is C16H15BrN2O4. The molecule has 23 heavy (non-hydrogen) atoms. The Morgan fingerprint density at radius 2 is 1.70 bits per heavy atom. The molecule has 0 aliphatic carbocycles. The molecule has 2 N–H and O–H groups in total. The molecule has 2 rings (SSSR count). The zero-order valence-corrected chi connectivity index (χ0v) is 14.1. The summed E-state index contributed by atoms with van der Waals surface area (Å²) < 4.78 is 11.0. The SMILES string of the molecule is COc1ccc(NC(=O)C(=O)Nc2cccc(Br)c2)c(OC)c1. The van der Waals surface area contributed by atoms with Gasteiger partial charge in [-0.2, -0.15) is 0 Å². The Labute approximate surface area is 141 Å². The number of anilines is 2. The van der Waals surface area contributed by atoms with Crippen molar-refractivity contribution in [1.82, 2.24) is 0 Å². The van der Waals surface area contributed by atoms with E-state index in [1.165, 1.54) is 14.2 Å². The number of hydrogen-bond acceptors (Lipinski definition) is 4. The van der Waals surface area contributed by atoms with E-state index in [1.807, 2.05) is 6.07 Å². The van der Waals surface area contributed by atoms with Crippen molar-refractivity contribution in [2.45, 2.75) is 0 Å². The van der Waals surface area contributed by atoms with Crippen LogP contribution in [0.3, 0.4) is 0 Å². The van der Waals surface area contributed by atoms with Crippen LogP contribution >= 0.6 is 15.9 Å². The summed E-state index contributed by atoms with van der Waals surface area (Å²) in [6.07, 6.45) is 0. The minimum atomic E-state index is -0.798. The molecule has 2 aromatic rings. The maximum absolute atomic E-state index is 12.0. The van der Waals surface area contributed by atoms with E-state index in [9.17, 15) is 9.59 Å². The van der Waals surface area contributed by atoms with Crippen LogP contribution < -0.4 is 20.1 Å². The smallest absolute Gasteiger partial charge is 0.314 e. The third kappa shape index (κ3) is 4.46. The van der Waals surface area contributed by atoms with Gasteiger partial charge in [0.1, 0.15) is 11.5 Å². The minimum absolute atomic E-state index is 0.377. The molecule has 0 unspecified atom stereocenters. The van der Waals surface area contributed by atoms with Gasteiger partial charge in [0, 0.05) is 16.2 Å². The molecule has 0 aromatic heterocycles. The van der Waals surface area contributed by atoms with E-state index in [2.05, 4.69) is 26.6 Å². The lowest BCUT2D eigenvalue weighted by Gasteiger charge is -2.11. The van der Waals surface area contributed by atoms with Crippen molar-refractivity contribution in [2.24, 2.45) is 0 Å². The van der Waals surface area contributed by atoms with Gasteiger partial charge in [-0.05, 0) is 30.3 Å². The largest absolute Gasteiger partial charge is 0.497 e. The molecule has 0 spiro atoms. The molecule has 0 heterocycles. The number of rotatable bonds is 4. The number of ether oxygens (including phenoxy) is 2. The molecule has 0 aliphatic rings. The van der Waals surface area contributed by atoms with E-state index >= 15 is 0 Å². The summed E-state index contributed by atoms with van der Waals surface area (Å²) in [6, 6.07) is 11.8. The second-order valence-corrected chi connectivity index (χ2v) is 5.40. The lowest BCUT2D eigenvalue weighted by Crippen LogP contribution is -2.29. The topological polar surface area (TPSA) is 76.7 Å². The molecule has 120 valence electrons. The van der Waals surface area contributed by atoms with Crippen LogP contribution in [0, 0.1) is 0 Å². The van der Waals surface area contributed by atoms with Crippen molar-refractivity contribution in [3.8, 4) is 11.5 Å². The molecule has 0 saturated heterocycles. The van der Waals surface area contributed by atoms with Gasteiger partial charge >= 0.3 is 11.8 Å². The predicted molar refractivity (Wildman–Crippen MR) is 90.9 cm³/mol. The Bertz CT molecular complexity index is 734. The van der Waals surface area contributed by atoms with Crippen molar-refractivity contribution >= 4 is 39.1 Å². The molecule has 2 aromatic carbocycles. The summed E-state index contributed by atoms with van der Waals surface area (Å²) in [6.45, 7) is 0. The fourth-order valence-electron chi connectivity index (χ4n) is 1.83. The van der Waals surface area contributed by atoms with Gasteiger partial charge in [-0.3, -0.25) is 9.59 Å². The number of carbonyl (C=O) groups excluding carboxylic acids is 2. The van der Waals surface area contributed by atoms with E-state index in [-0.39, 0.29) is 0 Å². The fraction of sp³-hybridized carbons (Fsp3) is 0.125. The molecular weight excluding hydrogens is 364 g/mol. The minimum Gasteiger partial charge on any atom is -0.497 e. The van der Waals surface area contributed by atoms with Crippen LogP contribution in [0.25, 0.3) is 0 Å². The molecule has 2 amide bonds. The first-order valence-electron chi connectivity index (χ1n) is 6.63. The van der Waals surface area contributed by atoms with Gasteiger partial charge in [0.25, 0.3) is 0 Å². The average Bonchev–Trinajstić information content (AvgIpc) is 2.55. The molecule has 7 heteroatoms. The molecule has 0 fully saturated rings. The van der Waals surface area contributed by atoms with Crippen LogP contribution in [-0.2, 0) is 9.59 Å². The Morgan fingerprint density at radius 3 is 2.35 bits per heavy atom. The van der Waals surface area contributed by atoms with E-state index in [1.54, 1.807) is 36.4 Å². The number of hydrogen-bond donors (Lipinski definition) is 2. The number of benzene rings is 2. The Balaban J connectivity index is 2.08. The molecule has 0 bridgehead atoms. The first kappa shape index (κ1) is 16.8. The van der Waals surface area contributed by atoms with E-state index in [0.717, 1.165) is 4.47 Å². The lowest BCUT2D eigenvalue weighted by molar-refractivity contribution is -0.133. The Kier molecular flexibility index (Phi) is 5.59. The number of carbonyl (C=O) groups is 2. The number of nitrogens with one attached hydrogen (secondary N) is 2. The van der Waals surface area contributed by atoms with Crippen LogP contribution in [0.2, 0.25) is 0 Å². The van der Waals surface area contributed by atoms with Gasteiger partial charge < -0.3 is 20.1 Å². The quantitative estimate of drug-likeness (QED) is 0.801. The number of methoxy groups -OCH3 is 2. The highest BCUT2D eigenvalue weighted by Gasteiger charge is 2.16. The molecule has 0 aliphatic heterocycles. The van der Waals surface area contributed by atoms with Crippen LogP contribution in [-0.4, -0.2) is 26.0 Å². The zero-order chi connectivity index (χ0) is 16.8. The van der Waals surface area contributed by atoms with Crippen molar-refractivity contribution < 1.29 is 19.1 Å². The van der Waals surface area contributed by atoms with Crippen LogP contribution in [0.1, 0.15) is 0 Å². The van der Waals surface area contributed by atoms with Crippen molar-refractivity contribution in [3.63, 3.8) is 0 Å². The zero-order valence-electron chi connectivity index (χ0n) is 12.6. The summed E-state index contributed by atoms with van der Waals surface area (Å²) in [5, 5.41) is 5.02. The lowest BCUT2D eigenvalue weighted by atomic mass is 10.2. The van der Waals surface area contributed by atoms with Crippen molar-refractivity contribution in [1.29, 1.82) is 0 Å². The van der Waals surface area contributed by atoms with Crippen LogP contribution in [0.4, 0.5) is 11.4 Å². The number of halogens is 1. The van der Waals surface area contributed by atoms with E-state index in [4.69, 9.17) is 9.47 Å². The fourth-order valence-corrected chi connectivity index (χ4v) is 2.23. The standard InChI is InChI=1S/C16H15BrN2O4/c1-22-12-6-7-13(14(9-12)23-2)19-16(21)15(20)18-11-5-3-4-10(17)8-11/h3-9H,1-2H3,(H,18,20)(H,19,21). The number of amides is 2. The van der Waals surface area contributed by atoms with Crippen molar-refractivity contribution in [3.05, 3.63) is 46.9 Å². The van der Waals surface area contributed by atoms with E-state index in [0.29, 0.717) is 22.9 Å². The second-order valence-electron chi connectivity index (χ2n) is 4.48. The summed E-state index contributed by atoms with van der Waals surface area (Å²) in [5.41, 5.74) is 0.893. The third-order valence-electron chi connectivity index (χ3n) is 2.95. The van der Waals surface area contributed by atoms with Gasteiger partial charge in [-0.15, -0.1) is 0 Å². The monoisotopic (exact) mass is 378 g/mol. The summed E-state index contributed by atoms with van der Waals surface area (Å²) >= 11 is 3.30. The first-order chi connectivity index (χ1) is 11.0. The Hall–Kier alpha value is -2.54.